The van der Waals surface area contributed by atoms with Crippen molar-refractivity contribution in [2.24, 2.45) is 0 Å². The monoisotopic (exact) mass is 453 g/mol. The van der Waals surface area contributed by atoms with Crippen LogP contribution in [0.2, 0.25) is 0 Å². The second-order valence-electron chi connectivity index (χ2n) is 7.20. The van der Waals surface area contributed by atoms with Crippen LogP contribution in [0.15, 0.2) is 69.9 Å². The maximum absolute atomic E-state index is 13.0. The lowest BCUT2D eigenvalue weighted by Crippen LogP contribution is -2.23. The molecule has 9 heteroatoms. The minimum absolute atomic E-state index is 0.274. The predicted molar refractivity (Wildman–Crippen MR) is 115 cm³/mol. The van der Waals surface area contributed by atoms with E-state index >= 15 is 0 Å². The molecule has 3 heterocycles. The van der Waals surface area contributed by atoms with E-state index in [1.54, 1.807) is 12.1 Å². The first kappa shape index (κ1) is 20.2. The second kappa shape index (κ2) is 7.45. The van der Waals surface area contributed by atoms with Gasteiger partial charge >= 0.3 is 6.18 Å². The Kier molecular flexibility index (Phi) is 4.70. The van der Waals surface area contributed by atoms with Gasteiger partial charge in [-0.2, -0.15) is 22.7 Å². The molecule has 0 N–H and O–H groups in total. The van der Waals surface area contributed by atoms with Crippen LogP contribution in [0.4, 0.5) is 13.2 Å². The van der Waals surface area contributed by atoms with Crippen LogP contribution in [0.1, 0.15) is 16.9 Å². The van der Waals surface area contributed by atoms with Gasteiger partial charge in [0.05, 0.1) is 5.56 Å². The Bertz CT molecular complexity index is 1560. The first-order valence-electron chi connectivity index (χ1n) is 9.54. The van der Waals surface area contributed by atoms with Gasteiger partial charge in [0.15, 0.2) is 5.82 Å². The van der Waals surface area contributed by atoms with Crippen molar-refractivity contribution in [1.82, 2.24) is 14.6 Å². The average Bonchev–Trinajstić information content (AvgIpc) is 3.45. The van der Waals surface area contributed by atoms with Crippen LogP contribution in [0, 0.1) is 6.92 Å². The molecule has 0 saturated carbocycles. The average molecular weight is 453 g/mol. The Hall–Kier alpha value is -3.72. The number of benzene rings is 2. The van der Waals surface area contributed by atoms with Crippen molar-refractivity contribution in [3.63, 3.8) is 0 Å². The number of aryl methyl sites for hydroxylation is 1. The molecule has 0 saturated heterocycles. The number of thiazole rings is 1. The summed E-state index contributed by atoms with van der Waals surface area (Å²) in [6.45, 7) is 1.96. The summed E-state index contributed by atoms with van der Waals surface area (Å²) in [6.07, 6.45) is -2.90. The SMILES string of the molecule is Cc1cccc(-c2nc3s/c(=C\c4ccc(-c5cccc(C(F)(F)F)c5)o4)c(=O)n3n2)c1. The molecule has 0 bridgehead atoms. The second-order valence-corrected chi connectivity index (χ2v) is 8.20. The van der Waals surface area contributed by atoms with Gasteiger partial charge in [-0.1, -0.05) is 47.2 Å². The van der Waals surface area contributed by atoms with E-state index in [0.717, 1.165) is 34.6 Å². The van der Waals surface area contributed by atoms with E-state index < -0.39 is 11.7 Å². The topological polar surface area (TPSA) is 60.4 Å². The third-order valence-electron chi connectivity index (χ3n) is 4.83. The third kappa shape index (κ3) is 3.71. The highest BCUT2D eigenvalue weighted by molar-refractivity contribution is 7.15. The van der Waals surface area contributed by atoms with E-state index in [-0.39, 0.29) is 11.3 Å². The quantitative estimate of drug-likeness (QED) is 0.388. The van der Waals surface area contributed by atoms with Crippen LogP contribution in [-0.2, 0) is 6.18 Å². The van der Waals surface area contributed by atoms with Gasteiger partial charge in [-0.3, -0.25) is 4.79 Å². The van der Waals surface area contributed by atoms with Gasteiger partial charge in [0, 0.05) is 17.2 Å². The first-order chi connectivity index (χ1) is 15.3. The molecule has 0 aliphatic heterocycles. The number of nitrogens with zero attached hydrogens (tertiary/aromatic N) is 3. The summed E-state index contributed by atoms with van der Waals surface area (Å²) in [4.78, 5) is 17.6. The van der Waals surface area contributed by atoms with Crippen molar-refractivity contribution in [1.29, 1.82) is 0 Å². The van der Waals surface area contributed by atoms with Gasteiger partial charge in [0.25, 0.3) is 5.56 Å². The molecule has 2 aromatic carbocycles. The molecule has 0 aliphatic rings. The molecule has 5 rings (SSSR count). The number of alkyl halides is 3. The molecule has 0 radical (unpaired) electrons. The molecular formula is C23H14F3N3O2S. The molecule has 5 nitrogen and oxygen atoms in total. The van der Waals surface area contributed by atoms with Crippen molar-refractivity contribution in [3.05, 3.63) is 92.4 Å². The summed E-state index contributed by atoms with van der Waals surface area (Å²) in [5.74, 6) is 1.09. The number of aromatic nitrogens is 3. The van der Waals surface area contributed by atoms with Crippen LogP contribution < -0.4 is 10.1 Å². The van der Waals surface area contributed by atoms with Crippen LogP contribution in [0.25, 0.3) is 33.7 Å². The van der Waals surface area contributed by atoms with E-state index in [9.17, 15) is 18.0 Å². The molecule has 0 atom stereocenters. The fraction of sp³-hybridized carbons (Fsp3) is 0.0870. The zero-order valence-electron chi connectivity index (χ0n) is 16.6. The maximum atomic E-state index is 13.0. The number of halogens is 3. The predicted octanol–water partition coefficient (Wildman–Crippen LogP) is 4.95. The molecule has 32 heavy (non-hydrogen) atoms. The Morgan fingerprint density at radius 2 is 1.81 bits per heavy atom. The van der Waals surface area contributed by atoms with Crippen molar-refractivity contribution in [3.8, 4) is 22.7 Å². The van der Waals surface area contributed by atoms with Gasteiger partial charge in [-0.05, 0) is 37.3 Å². The summed E-state index contributed by atoms with van der Waals surface area (Å²) in [6, 6.07) is 15.7. The number of hydrogen-bond donors (Lipinski definition) is 0. The highest BCUT2D eigenvalue weighted by atomic mass is 32.1. The number of fused-ring (bicyclic) bond motifs is 1. The van der Waals surface area contributed by atoms with Crippen LogP contribution in [-0.4, -0.2) is 14.6 Å². The van der Waals surface area contributed by atoms with Crippen LogP contribution in [0.5, 0.6) is 0 Å². The van der Waals surface area contributed by atoms with Gasteiger partial charge in [-0.25, -0.2) is 0 Å². The molecule has 0 unspecified atom stereocenters. The van der Waals surface area contributed by atoms with Crippen LogP contribution >= 0.6 is 11.3 Å². The van der Waals surface area contributed by atoms with E-state index in [2.05, 4.69) is 10.1 Å². The number of hydrogen-bond acceptors (Lipinski definition) is 5. The smallest absolute Gasteiger partial charge is 0.416 e. The van der Waals surface area contributed by atoms with Crippen molar-refractivity contribution in [2.45, 2.75) is 13.1 Å². The van der Waals surface area contributed by atoms with E-state index in [0.29, 0.717) is 26.6 Å². The molecule has 0 aliphatic carbocycles. The molecule has 0 spiro atoms. The summed E-state index contributed by atoms with van der Waals surface area (Å²) >= 11 is 1.16. The van der Waals surface area contributed by atoms with Gasteiger partial charge < -0.3 is 4.42 Å². The molecule has 0 amide bonds. The summed E-state index contributed by atoms with van der Waals surface area (Å²) in [5.41, 5.74) is 1.09. The largest absolute Gasteiger partial charge is 0.457 e. The van der Waals surface area contributed by atoms with Crippen molar-refractivity contribution < 1.29 is 17.6 Å². The summed E-state index contributed by atoms with van der Waals surface area (Å²) < 4.78 is 46.2. The molecule has 160 valence electrons. The van der Waals surface area contributed by atoms with Crippen LogP contribution in [0.3, 0.4) is 0 Å². The molecule has 3 aromatic heterocycles. The lowest BCUT2D eigenvalue weighted by atomic mass is 10.1. The maximum Gasteiger partial charge on any atom is 0.416 e. The van der Waals surface area contributed by atoms with E-state index in [4.69, 9.17) is 4.42 Å². The standard InChI is InChI=1S/C23H14F3N3O2S/c1-13-4-2-6-15(10-13)20-27-22-29(28-20)21(30)19(32-22)12-17-8-9-18(31-17)14-5-3-7-16(11-14)23(24,25)26/h2-12H,1H3/b19-12-. The fourth-order valence-corrected chi connectivity index (χ4v) is 4.19. The zero-order valence-corrected chi connectivity index (χ0v) is 17.4. The third-order valence-corrected chi connectivity index (χ3v) is 5.79. The Morgan fingerprint density at radius 1 is 1.03 bits per heavy atom. The van der Waals surface area contributed by atoms with Gasteiger partial charge in [0.1, 0.15) is 16.1 Å². The minimum atomic E-state index is -4.44. The Morgan fingerprint density at radius 3 is 2.56 bits per heavy atom. The van der Waals surface area contributed by atoms with E-state index in [1.807, 2.05) is 31.2 Å². The highest BCUT2D eigenvalue weighted by Crippen LogP contribution is 2.32. The lowest BCUT2D eigenvalue weighted by Gasteiger charge is -2.07. The van der Waals surface area contributed by atoms with Gasteiger partial charge in [0.2, 0.25) is 4.96 Å². The van der Waals surface area contributed by atoms with E-state index in [1.165, 1.54) is 22.7 Å². The number of rotatable bonds is 3. The molecular weight excluding hydrogens is 439 g/mol. The molecule has 0 fully saturated rings. The minimum Gasteiger partial charge on any atom is -0.457 e. The van der Waals surface area contributed by atoms with Crippen molar-refractivity contribution >= 4 is 22.4 Å². The zero-order chi connectivity index (χ0) is 22.5. The van der Waals surface area contributed by atoms with Gasteiger partial charge in [-0.15, -0.1) is 5.10 Å². The lowest BCUT2D eigenvalue weighted by molar-refractivity contribution is -0.137. The number of furan rings is 1. The summed E-state index contributed by atoms with van der Waals surface area (Å²) in [7, 11) is 0. The highest BCUT2D eigenvalue weighted by Gasteiger charge is 2.30. The Balaban J connectivity index is 1.49. The molecule has 5 aromatic rings. The first-order valence-corrected chi connectivity index (χ1v) is 10.4. The Labute approximate surface area is 183 Å². The van der Waals surface area contributed by atoms with Crippen molar-refractivity contribution in [2.75, 3.05) is 0 Å². The fourth-order valence-electron chi connectivity index (χ4n) is 3.30. The summed E-state index contributed by atoms with van der Waals surface area (Å²) in [5, 5.41) is 4.32. The normalized spacial score (nSPS) is 12.7.